The number of ether oxygens (including phenoxy) is 1. The molecule has 1 aliphatic rings. The molecule has 25 heavy (non-hydrogen) atoms. The fraction of sp³-hybridized carbons (Fsp3) is 0.600. The van der Waals surface area contributed by atoms with Crippen molar-refractivity contribution in [1.29, 1.82) is 0 Å². The Kier molecular flexibility index (Phi) is 6.57. The number of likely N-dealkylation sites (tertiary alicyclic amines) is 1. The number of hydrogen-bond acceptors (Lipinski definition) is 3. The average Bonchev–Trinajstić information content (AvgIpc) is 2.57. The summed E-state index contributed by atoms with van der Waals surface area (Å²) in [5.41, 5.74) is 0.131. The van der Waals surface area contributed by atoms with Crippen molar-refractivity contribution in [3.63, 3.8) is 0 Å². The van der Waals surface area contributed by atoms with E-state index >= 15 is 0 Å². The molecule has 1 aliphatic heterocycles. The van der Waals surface area contributed by atoms with Gasteiger partial charge in [0.25, 0.3) is 0 Å². The lowest BCUT2D eigenvalue weighted by molar-refractivity contribution is -0.160. The normalized spacial score (nSPS) is 20.6. The van der Waals surface area contributed by atoms with Crippen LogP contribution in [0.4, 0.5) is 4.39 Å². The number of hydrogen-bond donors (Lipinski definition) is 0. The van der Waals surface area contributed by atoms with Crippen LogP contribution in [-0.4, -0.2) is 36.5 Å². The number of halogens is 1. The molecule has 1 aromatic rings. The summed E-state index contributed by atoms with van der Waals surface area (Å²) in [5, 5.41) is 0. The maximum Gasteiger partial charge on any atom is 0.314 e. The van der Waals surface area contributed by atoms with E-state index in [4.69, 9.17) is 4.74 Å². The highest BCUT2D eigenvalue weighted by Gasteiger charge is 2.44. The molecular formula is C20H28FNO3. The molecule has 1 aromatic carbocycles. The minimum absolute atomic E-state index is 0.0856. The molecule has 1 heterocycles. The van der Waals surface area contributed by atoms with Gasteiger partial charge in [-0.1, -0.05) is 26.0 Å². The van der Waals surface area contributed by atoms with Gasteiger partial charge in [0.05, 0.1) is 12.0 Å². The standard InChI is InChI=1S/C20H28FNO3/c1-4-25-19(24)20(13-16-6-8-17(21)9-7-16)10-5-11-22(14-20)18(23)12-15(2)3/h6-9,15H,4-5,10-14H2,1-3H3/t20-/m1/s1. The molecule has 0 saturated carbocycles. The molecule has 0 aromatic heterocycles. The summed E-state index contributed by atoms with van der Waals surface area (Å²) in [6, 6.07) is 6.20. The van der Waals surface area contributed by atoms with Gasteiger partial charge in [0.15, 0.2) is 0 Å². The van der Waals surface area contributed by atoms with Crippen molar-refractivity contribution in [2.75, 3.05) is 19.7 Å². The molecule has 1 atom stereocenters. The van der Waals surface area contributed by atoms with E-state index in [0.717, 1.165) is 12.0 Å². The molecule has 2 rings (SSSR count). The molecule has 0 unspecified atom stereocenters. The van der Waals surface area contributed by atoms with Crippen molar-refractivity contribution in [2.24, 2.45) is 11.3 Å². The van der Waals surface area contributed by atoms with Crippen LogP contribution in [0.5, 0.6) is 0 Å². The van der Waals surface area contributed by atoms with Crippen LogP contribution in [0.25, 0.3) is 0 Å². The zero-order valence-electron chi connectivity index (χ0n) is 15.4. The second-order valence-electron chi connectivity index (χ2n) is 7.32. The zero-order valence-corrected chi connectivity index (χ0v) is 15.4. The summed E-state index contributed by atoms with van der Waals surface area (Å²) in [5.74, 6) is -0.196. The summed E-state index contributed by atoms with van der Waals surface area (Å²) in [6.07, 6.45) is 2.38. The number of amides is 1. The van der Waals surface area contributed by atoms with E-state index < -0.39 is 5.41 Å². The molecule has 5 heteroatoms. The van der Waals surface area contributed by atoms with Crippen LogP contribution in [0.15, 0.2) is 24.3 Å². The van der Waals surface area contributed by atoms with Crippen LogP contribution in [0.2, 0.25) is 0 Å². The molecule has 1 amide bonds. The van der Waals surface area contributed by atoms with E-state index in [1.54, 1.807) is 24.0 Å². The van der Waals surface area contributed by atoms with Crippen molar-refractivity contribution >= 4 is 11.9 Å². The van der Waals surface area contributed by atoms with E-state index in [9.17, 15) is 14.0 Å². The lowest BCUT2D eigenvalue weighted by Crippen LogP contribution is -2.51. The number of carbonyl (C=O) groups is 2. The van der Waals surface area contributed by atoms with Crippen LogP contribution in [0.3, 0.4) is 0 Å². The Morgan fingerprint density at radius 3 is 2.56 bits per heavy atom. The number of esters is 1. The van der Waals surface area contributed by atoms with Gasteiger partial charge in [0, 0.05) is 19.5 Å². The summed E-state index contributed by atoms with van der Waals surface area (Å²) >= 11 is 0. The molecule has 0 aliphatic carbocycles. The smallest absolute Gasteiger partial charge is 0.314 e. The minimum Gasteiger partial charge on any atom is -0.466 e. The third-order valence-corrected chi connectivity index (χ3v) is 4.68. The number of carbonyl (C=O) groups excluding carboxylic acids is 2. The first-order chi connectivity index (χ1) is 11.9. The van der Waals surface area contributed by atoms with Crippen LogP contribution in [-0.2, 0) is 20.7 Å². The largest absolute Gasteiger partial charge is 0.466 e. The molecule has 0 spiro atoms. The van der Waals surface area contributed by atoms with Gasteiger partial charge in [-0.25, -0.2) is 4.39 Å². The maximum absolute atomic E-state index is 13.2. The molecule has 0 N–H and O–H groups in total. The lowest BCUT2D eigenvalue weighted by atomic mass is 9.75. The third-order valence-electron chi connectivity index (χ3n) is 4.68. The average molecular weight is 349 g/mol. The van der Waals surface area contributed by atoms with Gasteiger partial charge in [-0.3, -0.25) is 9.59 Å². The Bertz CT molecular complexity index is 599. The molecule has 4 nitrogen and oxygen atoms in total. The van der Waals surface area contributed by atoms with Gasteiger partial charge in [0.1, 0.15) is 5.82 Å². The molecular weight excluding hydrogens is 321 g/mol. The summed E-state index contributed by atoms with van der Waals surface area (Å²) < 4.78 is 18.5. The minimum atomic E-state index is -0.751. The first kappa shape index (κ1) is 19.4. The maximum atomic E-state index is 13.2. The fourth-order valence-corrected chi connectivity index (χ4v) is 3.48. The molecule has 138 valence electrons. The van der Waals surface area contributed by atoms with Crippen molar-refractivity contribution < 1.29 is 18.7 Å². The predicted molar refractivity (Wildman–Crippen MR) is 94.4 cm³/mol. The van der Waals surface area contributed by atoms with E-state index in [2.05, 4.69) is 0 Å². The molecule has 0 radical (unpaired) electrons. The van der Waals surface area contributed by atoms with E-state index in [-0.39, 0.29) is 23.6 Å². The van der Waals surface area contributed by atoms with Gasteiger partial charge in [-0.2, -0.15) is 0 Å². The summed E-state index contributed by atoms with van der Waals surface area (Å²) in [7, 11) is 0. The van der Waals surface area contributed by atoms with Crippen LogP contribution in [0.1, 0.15) is 45.6 Å². The molecule has 0 bridgehead atoms. The Morgan fingerprint density at radius 2 is 1.96 bits per heavy atom. The van der Waals surface area contributed by atoms with E-state index in [1.807, 2.05) is 13.8 Å². The third kappa shape index (κ3) is 5.03. The SMILES string of the molecule is CCOC(=O)[C@@]1(Cc2ccc(F)cc2)CCCN(C(=O)CC(C)C)C1. The Morgan fingerprint density at radius 1 is 1.28 bits per heavy atom. The van der Waals surface area contributed by atoms with Crippen molar-refractivity contribution in [3.05, 3.63) is 35.6 Å². The second-order valence-corrected chi connectivity index (χ2v) is 7.32. The molecule has 1 saturated heterocycles. The van der Waals surface area contributed by atoms with Gasteiger partial charge in [-0.15, -0.1) is 0 Å². The Hall–Kier alpha value is -1.91. The van der Waals surface area contributed by atoms with Gasteiger partial charge < -0.3 is 9.64 Å². The highest BCUT2D eigenvalue weighted by atomic mass is 19.1. The van der Waals surface area contributed by atoms with Crippen LogP contribution in [0, 0.1) is 17.2 Å². The van der Waals surface area contributed by atoms with Crippen molar-refractivity contribution in [1.82, 2.24) is 4.90 Å². The van der Waals surface area contributed by atoms with E-state index in [1.165, 1.54) is 12.1 Å². The van der Waals surface area contributed by atoms with Gasteiger partial charge in [0.2, 0.25) is 5.91 Å². The number of piperidine rings is 1. The van der Waals surface area contributed by atoms with Gasteiger partial charge in [-0.05, 0) is 49.8 Å². The monoisotopic (exact) mass is 349 g/mol. The number of benzene rings is 1. The Labute approximate surface area is 149 Å². The highest BCUT2D eigenvalue weighted by Crippen LogP contribution is 2.36. The van der Waals surface area contributed by atoms with E-state index in [0.29, 0.717) is 39.0 Å². The lowest BCUT2D eigenvalue weighted by Gasteiger charge is -2.41. The summed E-state index contributed by atoms with van der Waals surface area (Å²) in [6.45, 7) is 7.17. The number of rotatable bonds is 6. The second kappa shape index (κ2) is 8.45. The topological polar surface area (TPSA) is 46.6 Å². The number of nitrogens with zero attached hydrogens (tertiary/aromatic N) is 1. The first-order valence-electron chi connectivity index (χ1n) is 9.06. The predicted octanol–water partition coefficient (Wildman–Crippen LogP) is 3.59. The van der Waals surface area contributed by atoms with Crippen molar-refractivity contribution in [3.8, 4) is 0 Å². The fourth-order valence-electron chi connectivity index (χ4n) is 3.48. The zero-order chi connectivity index (χ0) is 18.4. The molecule has 1 fully saturated rings. The quantitative estimate of drug-likeness (QED) is 0.738. The van der Waals surface area contributed by atoms with Gasteiger partial charge >= 0.3 is 5.97 Å². The highest BCUT2D eigenvalue weighted by molar-refractivity contribution is 5.81. The Balaban J connectivity index is 2.23. The first-order valence-corrected chi connectivity index (χ1v) is 9.06. The van der Waals surface area contributed by atoms with Crippen molar-refractivity contribution in [2.45, 2.75) is 46.5 Å². The van der Waals surface area contributed by atoms with Crippen LogP contribution >= 0.6 is 0 Å². The summed E-state index contributed by atoms with van der Waals surface area (Å²) in [4.78, 5) is 27.0. The van der Waals surface area contributed by atoms with Crippen LogP contribution < -0.4 is 0 Å².